The van der Waals surface area contributed by atoms with Crippen LogP contribution in [0.5, 0.6) is 0 Å². The lowest BCUT2D eigenvalue weighted by atomic mass is 9.80. The highest BCUT2D eigenvalue weighted by atomic mass is 16.6. The van der Waals surface area contributed by atoms with Crippen molar-refractivity contribution in [1.29, 1.82) is 0 Å². The van der Waals surface area contributed by atoms with Gasteiger partial charge in [-0.05, 0) is 23.7 Å². The van der Waals surface area contributed by atoms with Gasteiger partial charge in [0.25, 0.3) is 0 Å². The van der Waals surface area contributed by atoms with Crippen molar-refractivity contribution in [3.63, 3.8) is 0 Å². The molecule has 0 bridgehead atoms. The summed E-state index contributed by atoms with van der Waals surface area (Å²) in [6.07, 6.45) is 4.07. The maximum absolute atomic E-state index is 12.6. The molecule has 0 aliphatic carbocycles. The summed E-state index contributed by atoms with van der Waals surface area (Å²) in [6.45, 7) is 29.6. The van der Waals surface area contributed by atoms with E-state index >= 15 is 0 Å². The molecule has 1 aromatic rings. The fraction of sp³-hybridized carbons (Fsp3) is 0.911. The Bertz CT molecular complexity index is 1230. The standard InChI is InChI=1S/C25H52O10.C20H34N4O5/c1-25(2,3)5-6-27-9-10-29-13-14-31-17-18-33-21-22-35-24-23-34-20-19-32-16-15-30-12-11-28-8-7-26-4;1-5-7-27-9-11-29-12-10-28-8-6-23-14-16(21-22-23)15-24-18(25)13-17(19(24)26)20(2,3)4/h5-24H2,1-4H3;14,17H,5-13,15H2,1-4H3. The zero-order valence-electron chi connectivity index (χ0n) is 40.8. The van der Waals surface area contributed by atoms with Crippen molar-refractivity contribution >= 4 is 11.8 Å². The molecule has 376 valence electrons. The first-order valence-corrected chi connectivity index (χ1v) is 23.0. The fourth-order valence-corrected chi connectivity index (χ4v) is 5.43. The number of carbonyl (C=O) groups excluding carboxylic acids is 2. The Kier molecular flexibility index (Phi) is 37.3. The molecule has 1 aliphatic heterocycles. The lowest BCUT2D eigenvalue weighted by Crippen LogP contribution is -2.33. The maximum Gasteiger partial charge on any atom is 0.233 e. The zero-order valence-corrected chi connectivity index (χ0v) is 40.8. The van der Waals surface area contributed by atoms with Gasteiger partial charge in [-0.1, -0.05) is 53.7 Å². The molecule has 19 nitrogen and oxygen atoms in total. The second-order valence-corrected chi connectivity index (χ2v) is 17.1. The summed E-state index contributed by atoms with van der Waals surface area (Å²) in [5.41, 5.74) is 0.671. The summed E-state index contributed by atoms with van der Waals surface area (Å²) in [6, 6.07) is 0. The fourth-order valence-electron chi connectivity index (χ4n) is 5.43. The molecule has 19 heteroatoms. The number of rotatable bonds is 42. The number of likely N-dealkylation sites (tertiary alicyclic amines) is 1. The SMILES string of the molecule is CCCOCCOCCOCCn1cc(CN2C(=O)CC(C(C)(C)C)C2=O)nn1.COCCOCCOCCOCCOCCOCCOCCOCCOCCOCCC(C)(C)C. The van der Waals surface area contributed by atoms with Crippen molar-refractivity contribution in [3.05, 3.63) is 11.9 Å². The average Bonchev–Trinajstić information content (AvgIpc) is 3.83. The first kappa shape index (κ1) is 59.8. The molecular weight excluding hydrogens is 837 g/mol. The summed E-state index contributed by atoms with van der Waals surface area (Å²) in [4.78, 5) is 26.1. The lowest BCUT2D eigenvalue weighted by Gasteiger charge is -2.24. The number of nitrogens with zero attached hydrogens (tertiary/aromatic N) is 4. The van der Waals surface area contributed by atoms with Crippen LogP contribution in [-0.4, -0.2) is 204 Å². The third-order valence-electron chi connectivity index (χ3n) is 9.16. The van der Waals surface area contributed by atoms with Gasteiger partial charge in [-0.2, -0.15) is 0 Å². The van der Waals surface area contributed by atoms with Gasteiger partial charge in [0.15, 0.2) is 0 Å². The number of amides is 2. The smallest absolute Gasteiger partial charge is 0.233 e. The van der Waals surface area contributed by atoms with Gasteiger partial charge < -0.3 is 61.6 Å². The second kappa shape index (κ2) is 39.9. The van der Waals surface area contributed by atoms with E-state index in [1.165, 1.54) is 4.90 Å². The van der Waals surface area contributed by atoms with E-state index in [1.54, 1.807) is 18.0 Å². The number of imide groups is 1. The highest BCUT2D eigenvalue weighted by Gasteiger charge is 2.44. The molecule has 2 amide bonds. The average molecular weight is 923 g/mol. The normalized spacial score (nSPS) is 14.5. The lowest BCUT2D eigenvalue weighted by molar-refractivity contribution is -0.141. The van der Waals surface area contributed by atoms with E-state index in [4.69, 9.17) is 61.6 Å². The largest absolute Gasteiger partial charge is 0.382 e. The van der Waals surface area contributed by atoms with Gasteiger partial charge >= 0.3 is 0 Å². The van der Waals surface area contributed by atoms with Crippen molar-refractivity contribution in [1.82, 2.24) is 19.9 Å². The summed E-state index contributed by atoms with van der Waals surface area (Å²) < 4.78 is 71.7. The van der Waals surface area contributed by atoms with E-state index in [1.807, 2.05) is 20.8 Å². The predicted molar refractivity (Wildman–Crippen MR) is 239 cm³/mol. The monoisotopic (exact) mass is 923 g/mol. The first-order valence-electron chi connectivity index (χ1n) is 23.0. The van der Waals surface area contributed by atoms with E-state index in [2.05, 4.69) is 38.0 Å². The Morgan fingerprint density at radius 2 is 0.891 bits per heavy atom. The Labute approximate surface area is 383 Å². The Hall–Kier alpha value is -2.24. The molecule has 2 heterocycles. The molecule has 0 N–H and O–H groups in total. The molecule has 0 radical (unpaired) electrons. The molecule has 1 atom stereocenters. The minimum atomic E-state index is -0.279. The number of methoxy groups -OCH3 is 1. The predicted octanol–water partition coefficient (Wildman–Crippen LogP) is 3.88. The van der Waals surface area contributed by atoms with Gasteiger partial charge in [0.2, 0.25) is 11.8 Å². The van der Waals surface area contributed by atoms with Crippen LogP contribution in [0, 0.1) is 16.7 Å². The van der Waals surface area contributed by atoms with E-state index in [-0.39, 0.29) is 36.1 Å². The number of ether oxygens (including phenoxy) is 13. The molecule has 64 heavy (non-hydrogen) atoms. The van der Waals surface area contributed by atoms with Crippen LogP contribution in [0.2, 0.25) is 0 Å². The van der Waals surface area contributed by atoms with Crippen LogP contribution < -0.4 is 0 Å². The molecular formula is C45H86N4O15. The van der Waals surface area contributed by atoms with Crippen LogP contribution in [0.15, 0.2) is 6.20 Å². The summed E-state index contributed by atoms with van der Waals surface area (Å²) >= 11 is 0. The van der Waals surface area contributed by atoms with Crippen molar-refractivity contribution in [2.45, 2.75) is 80.8 Å². The van der Waals surface area contributed by atoms with Gasteiger partial charge in [-0.15, -0.1) is 5.10 Å². The van der Waals surface area contributed by atoms with Crippen LogP contribution in [0.25, 0.3) is 0 Å². The number of carbonyl (C=O) groups is 2. The molecule has 2 rings (SSSR count). The summed E-state index contributed by atoms with van der Waals surface area (Å²) in [5, 5.41) is 8.11. The maximum atomic E-state index is 12.6. The third-order valence-corrected chi connectivity index (χ3v) is 9.16. The Morgan fingerprint density at radius 3 is 1.23 bits per heavy atom. The van der Waals surface area contributed by atoms with Crippen LogP contribution in [0.4, 0.5) is 0 Å². The Morgan fingerprint density at radius 1 is 0.531 bits per heavy atom. The van der Waals surface area contributed by atoms with Crippen molar-refractivity contribution in [3.8, 4) is 0 Å². The van der Waals surface area contributed by atoms with Crippen LogP contribution in [0.1, 0.15) is 73.4 Å². The second-order valence-electron chi connectivity index (χ2n) is 17.1. The van der Waals surface area contributed by atoms with Gasteiger partial charge in [0.05, 0.1) is 177 Å². The number of hydrogen-bond acceptors (Lipinski definition) is 17. The zero-order chi connectivity index (χ0) is 47.0. The molecule has 1 unspecified atom stereocenters. The van der Waals surface area contributed by atoms with Crippen LogP contribution in [0.3, 0.4) is 0 Å². The van der Waals surface area contributed by atoms with Crippen LogP contribution in [-0.2, 0) is 84.3 Å². The van der Waals surface area contributed by atoms with Crippen molar-refractivity contribution < 1.29 is 71.2 Å². The Balaban J connectivity index is 0.000000649. The van der Waals surface area contributed by atoms with Gasteiger partial charge in [0.1, 0.15) is 5.69 Å². The molecule has 0 saturated carbocycles. The van der Waals surface area contributed by atoms with Crippen LogP contribution >= 0.6 is 0 Å². The number of aromatic nitrogens is 3. The number of hydrogen-bond donors (Lipinski definition) is 0. The first-order chi connectivity index (χ1) is 30.9. The van der Waals surface area contributed by atoms with Crippen molar-refractivity contribution in [2.75, 3.05) is 172 Å². The van der Waals surface area contributed by atoms with E-state index in [0.717, 1.165) is 26.1 Å². The van der Waals surface area contributed by atoms with Gasteiger partial charge in [-0.3, -0.25) is 14.5 Å². The third kappa shape index (κ3) is 35.0. The van der Waals surface area contributed by atoms with Gasteiger partial charge in [-0.25, -0.2) is 4.68 Å². The molecule has 1 aliphatic rings. The van der Waals surface area contributed by atoms with Gasteiger partial charge in [0, 0.05) is 26.7 Å². The highest BCUT2D eigenvalue weighted by Crippen LogP contribution is 2.35. The molecule has 1 fully saturated rings. The molecule has 1 saturated heterocycles. The van der Waals surface area contributed by atoms with E-state index in [0.29, 0.717) is 170 Å². The minimum Gasteiger partial charge on any atom is -0.382 e. The minimum absolute atomic E-state index is 0.125. The van der Waals surface area contributed by atoms with E-state index in [9.17, 15) is 9.59 Å². The van der Waals surface area contributed by atoms with E-state index < -0.39 is 0 Å². The summed E-state index contributed by atoms with van der Waals surface area (Å²) in [7, 11) is 1.65. The molecule has 0 aromatic carbocycles. The highest BCUT2D eigenvalue weighted by molar-refractivity contribution is 6.03. The topological polar surface area (TPSA) is 188 Å². The summed E-state index contributed by atoms with van der Waals surface area (Å²) in [5.74, 6) is -0.549. The van der Waals surface area contributed by atoms with Crippen molar-refractivity contribution in [2.24, 2.45) is 16.7 Å². The molecule has 1 aromatic heterocycles. The quantitative estimate of drug-likeness (QED) is 0.0679. The molecule has 0 spiro atoms.